The van der Waals surface area contributed by atoms with Crippen molar-refractivity contribution in [3.8, 4) is 0 Å². The number of halogens is 1. The third-order valence-electron chi connectivity index (χ3n) is 3.82. The summed E-state index contributed by atoms with van der Waals surface area (Å²) in [6.07, 6.45) is 6.05. The van der Waals surface area contributed by atoms with Gasteiger partial charge in [-0.1, -0.05) is 13.0 Å². The smallest absolute Gasteiger partial charge is 0.124 e. The molecule has 0 aromatic rings. The molecule has 2 unspecified atom stereocenters. The first-order valence-corrected chi connectivity index (χ1v) is 5.02. The van der Waals surface area contributed by atoms with Crippen molar-refractivity contribution in [2.24, 2.45) is 23.5 Å². The van der Waals surface area contributed by atoms with E-state index in [0.717, 1.165) is 18.4 Å². The van der Waals surface area contributed by atoms with Crippen LogP contribution < -0.4 is 5.73 Å². The summed E-state index contributed by atoms with van der Waals surface area (Å²) >= 11 is 0. The Labute approximate surface area is 77.5 Å². The number of nitrogens with two attached hydrogens (primary N) is 1. The quantitative estimate of drug-likeness (QED) is 0.655. The molecule has 3 aliphatic rings. The molecule has 0 saturated heterocycles. The maximum atomic E-state index is 13.5. The zero-order valence-electron chi connectivity index (χ0n) is 7.76. The highest BCUT2D eigenvalue weighted by atomic mass is 19.1. The number of fused-ring (bicyclic) bond motifs is 1. The van der Waals surface area contributed by atoms with Crippen LogP contribution in [0, 0.1) is 17.8 Å². The Morgan fingerprint density at radius 2 is 2.23 bits per heavy atom. The summed E-state index contributed by atoms with van der Waals surface area (Å²) < 4.78 is 13.5. The maximum Gasteiger partial charge on any atom is 0.124 e. The molecule has 0 aliphatic heterocycles. The third kappa shape index (κ3) is 0.896. The monoisotopic (exact) mass is 179 g/mol. The van der Waals surface area contributed by atoms with E-state index in [0.29, 0.717) is 17.8 Å². The van der Waals surface area contributed by atoms with Crippen LogP contribution in [-0.2, 0) is 0 Å². The Morgan fingerprint density at radius 3 is 2.85 bits per heavy atom. The fourth-order valence-corrected chi connectivity index (χ4v) is 2.47. The molecule has 0 radical (unpaired) electrons. The summed E-state index contributed by atoms with van der Waals surface area (Å²) in [6.45, 7) is 2.10. The van der Waals surface area contributed by atoms with Crippen molar-refractivity contribution < 1.29 is 4.39 Å². The molecule has 0 bridgehead atoms. The van der Waals surface area contributed by atoms with Crippen LogP contribution in [0.3, 0.4) is 0 Å². The second-order valence-corrected chi connectivity index (χ2v) is 4.70. The molecule has 0 heterocycles. The molecule has 2 fully saturated rings. The van der Waals surface area contributed by atoms with Gasteiger partial charge in [-0.25, -0.2) is 4.39 Å². The fraction of sp³-hybridized carbons (Fsp3) is 0.636. The van der Waals surface area contributed by atoms with E-state index in [4.69, 9.17) is 5.73 Å². The SMILES string of the molecule is CC1[C@H]2C=C(C3CC3)C(F)=CC12N. The van der Waals surface area contributed by atoms with E-state index >= 15 is 0 Å². The molecule has 13 heavy (non-hydrogen) atoms. The largest absolute Gasteiger partial charge is 0.321 e. The minimum Gasteiger partial charge on any atom is -0.321 e. The van der Waals surface area contributed by atoms with Gasteiger partial charge in [0.15, 0.2) is 0 Å². The van der Waals surface area contributed by atoms with Crippen molar-refractivity contribution in [1.82, 2.24) is 0 Å². The van der Waals surface area contributed by atoms with Crippen molar-refractivity contribution in [3.05, 3.63) is 23.6 Å². The van der Waals surface area contributed by atoms with Gasteiger partial charge in [-0.15, -0.1) is 0 Å². The van der Waals surface area contributed by atoms with E-state index in [9.17, 15) is 4.39 Å². The van der Waals surface area contributed by atoms with E-state index < -0.39 is 0 Å². The number of hydrogen-bond acceptors (Lipinski definition) is 1. The first-order chi connectivity index (χ1) is 6.13. The van der Waals surface area contributed by atoms with Gasteiger partial charge in [-0.05, 0) is 36.3 Å². The van der Waals surface area contributed by atoms with Gasteiger partial charge >= 0.3 is 0 Å². The summed E-state index contributed by atoms with van der Waals surface area (Å²) in [5, 5.41) is 0. The lowest BCUT2D eigenvalue weighted by atomic mass is 9.99. The first-order valence-electron chi connectivity index (χ1n) is 5.02. The first kappa shape index (κ1) is 7.74. The van der Waals surface area contributed by atoms with E-state index in [1.54, 1.807) is 6.08 Å². The highest BCUT2D eigenvalue weighted by Crippen LogP contribution is 2.57. The Kier molecular flexibility index (Phi) is 1.23. The van der Waals surface area contributed by atoms with Gasteiger partial charge in [0.25, 0.3) is 0 Å². The van der Waals surface area contributed by atoms with Crippen LogP contribution in [0.1, 0.15) is 19.8 Å². The van der Waals surface area contributed by atoms with Gasteiger partial charge < -0.3 is 5.73 Å². The van der Waals surface area contributed by atoms with Crippen LogP contribution in [0.5, 0.6) is 0 Å². The molecule has 70 valence electrons. The summed E-state index contributed by atoms with van der Waals surface area (Å²) in [5.74, 6) is 1.29. The lowest BCUT2D eigenvalue weighted by Crippen LogP contribution is -2.25. The van der Waals surface area contributed by atoms with Crippen LogP contribution in [0.2, 0.25) is 0 Å². The van der Waals surface area contributed by atoms with Crippen molar-refractivity contribution in [3.63, 3.8) is 0 Å². The predicted molar refractivity (Wildman–Crippen MR) is 49.6 cm³/mol. The van der Waals surface area contributed by atoms with Crippen LogP contribution in [-0.4, -0.2) is 5.54 Å². The van der Waals surface area contributed by atoms with Crippen LogP contribution in [0.4, 0.5) is 4.39 Å². The van der Waals surface area contributed by atoms with Gasteiger partial charge in [-0.2, -0.15) is 0 Å². The van der Waals surface area contributed by atoms with Gasteiger partial charge in [0.2, 0.25) is 0 Å². The maximum absolute atomic E-state index is 13.5. The average molecular weight is 179 g/mol. The molecular formula is C11H14FN. The molecule has 2 N–H and O–H groups in total. The zero-order valence-corrected chi connectivity index (χ0v) is 7.76. The van der Waals surface area contributed by atoms with Crippen LogP contribution >= 0.6 is 0 Å². The lowest BCUT2D eigenvalue weighted by Gasteiger charge is -2.13. The van der Waals surface area contributed by atoms with E-state index in [2.05, 4.69) is 13.0 Å². The molecule has 3 atom stereocenters. The van der Waals surface area contributed by atoms with Crippen molar-refractivity contribution >= 4 is 0 Å². The molecule has 0 amide bonds. The fourth-order valence-electron chi connectivity index (χ4n) is 2.47. The van der Waals surface area contributed by atoms with Crippen LogP contribution in [0.25, 0.3) is 0 Å². The standard InChI is InChI=1S/C11H14FN/c1-6-9-4-8(7-2-3-7)10(12)5-11(6,9)13/h4-7,9H,2-3,13H2,1H3/t6?,9-,11?/m1/s1. The lowest BCUT2D eigenvalue weighted by molar-refractivity contribution is 0.597. The van der Waals surface area contributed by atoms with Crippen LogP contribution in [0.15, 0.2) is 23.6 Å². The molecule has 0 aromatic carbocycles. The highest BCUT2D eigenvalue weighted by Gasteiger charge is 2.59. The van der Waals surface area contributed by atoms with Gasteiger partial charge in [-0.3, -0.25) is 0 Å². The van der Waals surface area contributed by atoms with E-state index in [1.807, 2.05) is 0 Å². The summed E-state index contributed by atoms with van der Waals surface area (Å²) in [6, 6.07) is 0. The van der Waals surface area contributed by atoms with E-state index in [-0.39, 0.29) is 11.4 Å². The number of allylic oxidation sites excluding steroid dienone is 2. The Hall–Kier alpha value is -0.630. The van der Waals surface area contributed by atoms with Gasteiger partial charge in [0.05, 0.1) is 0 Å². The number of hydrogen-bond donors (Lipinski definition) is 1. The molecule has 0 spiro atoms. The third-order valence-corrected chi connectivity index (χ3v) is 3.82. The van der Waals surface area contributed by atoms with Crippen molar-refractivity contribution in [2.45, 2.75) is 25.3 Å². The molecule has 3 rings (SSSR count). The minimum absolute atomic E-state index is 0.0504. The highest BCUT2D eigenvalue weighted by molar-refractivity contribution is 5.46. The second kappa shape index (κ2) is 2.06. The molecular weight excluding hydrogens is 165 g/mol. The Bertz CT molecular complexity index is 327. The predicted octanol–water partition coefficient (Wildman–Crippen LogP) is 2.15. The summed E-state index contributed by atoms with van der Waals surface area (Å²) in [4.78, 5) is 0. The molecule has 2 saturated carbocycles. The Morgan fingerprint density at radius 1 is 1.54 bits per heavy atom. The normalized spacial score (nSPS) is 47.9. The average Bonchev–Trinajstić information content (AvgIpc) is 2.92. The Balaban J connectivity index is 1.96. The second-order valence-electron chi connectivity index (χ2n) is 4.70. The molecule has 3 aliphatic carbocycles. The zero-order chi connectivity index (χ0) is 9.22. The summed E-state index contributed by atoms with van der Waals surface area (Å²) in [5.41, 5.74) is 6.60. The van der Waals surface area contributed by atoms with Gasteiger partial charge in [0, 0.05) is 11.5 Å². The van der Waals surface area contributed by atoms with Crippen molar-refractivity contribution in [1.29, 1.82) is 0 Å². The van der Waals surface area contributed by atoms with E-state index in [1.165, 1.54) is 0 Å². The molecule has 1 nitrogen and oxygen atoms in total. The number of rotatable bonds is 1. The minimum atomic E-state index is -0.345. The van der Waals surface area contributed by atoms with Crippen molar-refractivity contribution in [2.75, 3.05) is 0 Å². The molecule has 0 aromatic heterocycles. The summed E-state index contributed by atoms with van der Waals surface area (Å²) in [7, 11) is 0. The topological polar surface area (TPSA) is 26.0 Å². The van der Waals surface area contributed by atoms with Gasteiger partial charge in [0.1, 0.15) is 5.83 Å². The molecule has 2 heteroatoms.